The molecular formula is C10H17NO. The Morgan fingerprint density at radius 2 is 2.08 bits per heavy atom. The predicted molar refractivity (Wildman–Crippen MR) is 52.9 cm³/mol. The van der Waals surface area contributed by atoms with Crippen molar-refractivity contribution in [2.45, 2.75) is 13.8 Å². The van der Waals surface area contributed by atoms with Crippen LogP contribution in [0.2, 0.25) is 0 Å². The zero-order chi connectivity index (χ0) is 9.23. The molecule has 68 valence electrons. The number of nitrogens with one attached hydrogen (secondary N) is 1. The third-order valence-electron chi connectivity index (χ3n) is 1.17. The predicted octanol–water partition coefficient (Wildman–Crippen LogP) is 2.37. The third kappa shape index (κ3) is 8.82. The Hall–Kier alpha value is -1.18. The van der Waals surface area contributed by atoms with Crippen LogP contribution in [0.3, 0.4) is 0 Å². The third-order valence-corrected chi connectivity index (χ3v) is 1.17. The van der Waals surface area contributed by atoms with Crippen LogP contribution < -0.4 is 5.32 Å². The number of rotatable bonds is 5. The molecule has 0 spiro atoms. The van der Waals surface area contributed by atoms with E-state index in [1.54, 1.807) is 12.2 Å². The molecule has 0 amide bonds. The first-order valence-electron chi connectivity index (χ1n) is 4.13. The molecule has 0 saturated heterocycles. The molecule has 0 aromatic heterocycles. The fourth-order valence-corrected chi connectivity index (χ4v) is 0.593. The molecule has 2 N–H and O–H groups in total. The van der Waals surface area contributed by atoms with Crippen LogP contribution in [0.25, 0.3) is 0 Å². The number of hydrogen-bond donors (Lipinski definition) is 2. The smallest absolute Gasteiger partial charge is 0.0791 e. The molecule has 0 aliphatic carbocycles. The van der Waals surface area contributed by atoms with Crippen LogP contribution in [-0.4, -0.2) is 11.7 Å². The maximum atomic E-state index is 8.28. The normalized spacial score (nSPS) is 12.6. The van der Waals surface area contributed by atoms with Gasteiger partial charge in [0, 0.05) is 6.54 Å². The average Bonchev–Trinajstić information content (AvgIpc) is 2.02. The molecule has 0 bridgehead atoms. The van der Waals surface area contributed by atoms with Gasteiger partial charge < -0.3 is 10.4 Å². The Kier molecular flexibility index (Phi) is 7.14. The number of hydrogen-bond acceptors (Lipinski definition) is 2. The molecule has 0 aliphatic heterocycles. The zero-order valence-corrected chi connectivity index (χ0v) is 7.70. The molecule has 0 radical (unpaired) electrons. The molecule has 0 atom stereocenters. The highest BCUT2D eigenvalue weighted by Crippen LogP contribution is 1.90. The summed E-state index contributed by atoms with van der Waals surface area (Å²) in [5.74, 6) is 0.582. The molecule has 12 heavy (non-hydrogen) atoms. The van der Waals surface area contributed by atoms with Crippen molar-refractivity contribution in [1.29, 1.82) is 0 Å². The zero-order valence-electron chi connectivity index (χ0n) is 7.70. The highest BCUT2D eigenvalue weighted by molar-refractivity contribution is 5.00. The first-order valence-corrected chi connectivity index (χ1v) is 4.13. The van der Waals surface area contributed by atoms with E-state index in [2.05, 4.69) is 25.2 Å². The lowest BCUT2D eigenvalue weighted by molar-refractivity contribution is 0.473. The van der Waals surface area contributed by atoms with Gasteiger partial charge in [0.1, 0.15) is 0 Å². The molecule has 2 heteroatoms. The molecule has 0 saturated carbocycles. The second-order valence-electron chi connectivity index (χ2n) is 2.78. The highest BCUT2D eigenvalue weighted by Gasteiger charge is 1.80. The van der Waals surface area contributed by atoms with Gasteiger partial charge in [-0.25, -0.2) is 0 Å². The molecule has 2 nitrogen and oxygen atoms in total. The lowest BCUT2D eigenvalue weighted by Crippen LogP contribution is -2.03. The van der Waals surface area contributed by atoms with Crippen molar-refractivity contribution in [2.75, 3.05) is 6.54 Å². The highest BCUT2D eigenvalue weighted by atomic mass is 16.2. The summed E-state index contributed by atoms with van der Waals surface area (Å²) in [4.78, 5) is 0. The molecular weight excluding hydrogens is 150 g/mol. The standard InChI is InChI=1S/C10H17NO/c1-10(2)6-8-11-7-4-3-5-9-12/h3-6,8-12H,7H2,1-2H3/b4-3+,8-6+,9-5-. The molecule has 0 heterocycles. The minimum absolute atomic E-state index is 0.582. The van der Waals surface area contributed by atoms with Crippen molar-refractivity contribution in [3.8, 4) is 0 Å². The second kappa shape index (κ2) is 7.92. The summed E-state index contributed by atoms with van der Waals surface area (Å²) in [6.07, 6.45) is 10.3. The largest absolute Gasteiger partial charge is 0.516 e. The van der Waals surface area contributed by atoms with Gasteiger partial charge in [0.15, 0.2) is 0 Å². The van der Waals surface area contributed by atoms with Gasteiger partial charge in [-0.1, -0.05) is 32.1 Å². The van der Waals surface area contributed by atoms with Gasteiger partial charge >= 0.3 is 0 Å². The van der Waals surface area contributed by atoms with Crippen molar-refractivity contribution in [2.24, 2.45) is 5.92 Å². The maximum absolute atomic E-state index is 8.28. The molecule has 0 unspecified atom stereocenters. The van der Waals surface area contributed by atoms with Crippen LogP contribution in [0.15, 0.2) is 36.8 Å². The quantitative estimate of drug-likeness (QED) is 0.374. The van der Waals surface area contributed by atoms with Gasteiger partial charge in [-0.3, -0.25) is 0 Å². The van der Waals surface area contributed by atoms with Crippen LogP contribution in [0, 0.1) is 5.92 Å². The van der Waals surface area contributed by atoms with E-state index in [1.807, 2.05) is 12.3 Å². The van der Waals surface area contributed by atoms with Crippen molar-refractivity contribution < 1.29 is 5.11 Å². The summed E-state index contributed by atoms with van der Waals surface area (Å²) in [6, 6.07) is 0. The second-order valence-corrected chi connectivity index (χ2v) is 2.78. The fourth-order valence-electron chi connectivity index (χ4n) is 0.593. The van der Waals surface area contributed by atoms with Crippen LogP contribution in [-0.2, 0) is 0 Å². The Labute approximate surface area is 74.3 Å². The summed E-state index contributed by atoms with van der Waals surface area (Å²) >= 11 is 0. The number of aliphatic hydroxyl groups is 1. The molecule has 0 aromatic carbocycles. The van der Waals surface area contributed by atoms with Crippen molar-refractivity contribution >= 4 is 0 Å². The maximum Gasteiger partial charge on any atom is 0.0791 e. The van der Waals surface area contributed by atoms with Gasteiger partial charge in [0.2, 0.25) is 0 Å². The van der Waals surface area contributed by atoms with Crippen molar-refractivity contribution in [1.82, 2.24) is 5.32 Å². The SMILES string of the molecule is CC(C)/C=C/NC/C=C/C=C\O. The summed E-state index contributed by atoms with van der Waals surface area (Å²) in [5.41, 5.74) is 0. The van der Waals surface area contributed by atoms with Gasteiger partial charge in [0.25, 0.3) is 0 Å². The van der Waals surface area contributed by atoms with E-state index in [1.165, 1.54) is 0 Å². The monoisotopic (exact) mass is 167 g/mol. The van der Waals surface area contributed by atoms with E-state index < -0.39 is 0 Å². The first kappa shape index (κ1) is 10.8. The minimum atomic E-state index is 0.582. The summed E-state index contributed by atoms with van der Waals surface area (Å²) < 4.78 is 0. The van der Waals surface area contributed by atoms with Gasteiger partial charge in [0.05, 0.1) is 6.26 Å². The van der Waals surface area contributed by atoms with E-state index in [9.17, 15) is 0 Å². The summed E-state index contributed by atoms with van der Waals surface area (Å²) in [5, 5.41) is 11.4. The average molecular weight is 167 g/mol. The number of aliphatic hydroxyl groups excluding tert-OH is 1. The van der Waals surface area contributed by atoms with Crippen molar-refractivity contribution in [3.63, 3.8) is 0 Å². The van der Waals surface area contributed by atoms with Gasteiger partial charge in [-0.05, 0) is 18.2 Å². The lowest BCUT2D eigenvalue weighted by atomic mass is 10.2. The fraction of sp³-hybridized carbons (Fsp3) is 0.400. The molecule has 0 aliphatic rings. The summed E-state index contributed by atoms with van der Waals surface area (Å²) in [6.45, 7) is 5.04. The molecule has 0 rings (SSSR count). The van der Waals surface area contributed by atoms with E-state index in [-0.39, 0.29) is 0 Å². The first-order chi connectivity index (χ1) is 5.77. The van der Waals surface area contributed by atoms with Crippen LogP contribution in [0.1, 0.15) is 13.8 Å². The van der Waals surface area contributed by atoms with E-state index >= 15 is 0 Å². The Morgan fingerprint density at radius 3 is 2.67 bits per heavy atom. The Morgan fingerprint density at radius 1 is 1.33 bits per heavy atom. The topological polar surface area (TPSA) is 32.3 Å². The van der Waals surface area contributed by atoms with E-state index in [0.717, 1.165) is 12.8 Å². The van der Waals surface area contributed by atoms with Crippen molar-refractivity contribution in [3.05, 3.63) is 36.8 Å². The Balaban J connectivity index is 3.32. The van der Waals surface area contributed by atoms with Gasteiger partial charge in [-0.15, -0.1) is 0 Å². The van der Waals surface area contributed by atoms with Gasteiger partial charge in [-0.2, -0.15) is 0 Å². The molecule has 0 aromatic rings. The van der Waals surface area contributed by atoms with E-state index in [4.69, 9.17) is 5.11 Å². The minimum Gasteiger partial charge on any atom is -0.516 e. The number of allylic oxidation sites excluding steroid dienone is 3. The van der Waals surface area contributed by atoms with Crippen LogP contribution in [0.5, 0.6) is 0 Å². The van der Waals surface area contributed by atoms with E-state index in [0.29, 0.717) is 5.92 Å². The summed E-state index contributed by atoms with van der Waals surface area (Å²) in [7, 11) is 0. The Bertz CT molecular complexity index is 169. The van der Waals surface area contributed by atoms with Crippen LogP contribution >= 0.6 is 0 Å². The van der Waals surface area contributed by atoms with Crippen LogP contribution in [0.4, 0.5) is 0 Å². The molecule has 0 fully saturated rings. The lowest BCUT2D eigenvalue weighted by Gasteiger charge is -1.95.